The summed E-state index contributed by atoms with van der Waals surface area (Å²) in [5.74, 6) is -1.74. The van der Waals surface area contributed by atoms with Crippen molar-refractivity contribution < 1.29 is 24.4 Å². The highest BCUT2D eigenvalue weighted by Crippen LogP contribution is 2.47. The molecule has 1 heterocycles. The molecular formula is C12H18O5. The van der Waals surface area contributed by atoms with Gasteiger partial charge in [0.05, 0.1) is 0 Å². The van der Waals surface area contributed by atoms with Gasteiger partial charge in [-0.1, -0.05) is 6.92 Å². The van der Waals surface area contributed by atoms with Crippen molar-refractivity contribution in [1.29, 1.82) is 0 Å². The second kappa shape index (κ2) is 3.80. The normalized spacial score (nSPS) is 39.5. The molecule has 2 rings (SSSR count). The van der Waals surface area contributed by atoms with Gasteiger partial charge in [-0.3, -0.25) is 4.79 Å². The molecular weight excluding hydrogens is 224 g/mol. The van der Waals surface area contributed by atoms with Crippen LogP contribution in [0.25, 0.3) is 0 Å². The van der Waals surface area contributed by atoms with Crippen molar-refractivity contribution >= 4 is 5.97 Å². The van der Waals surface area contributed by atoms with E-state index in [1.807, 2.05) is 6.92 Å². The molecule has 0 aromatic heterocycles. The van der Waals surface area contributed by atoms with Gasteiger partial charge in [0.25, 0.3) is 0 Å². The Hall–Kier alpha value is -0.910. The molecule has 0 radical (unpaired) electrons. The number of rotatable bonds is 1. The SMILES string of the molecule is CC(=O)OC1C=C2C(C)(C)OOC2(O)CC1C. The van der Waals surface area contributed by atoms with Crippen LogP contribution >= 0.6 is 0 Å². The van der Waals surface area contributed by atoms with Gasteiger partial charge in [0.2, 0.25) is 5.79 Å². The molecule has 5 nitrogen and oxygen atoms in total. The Morgan fingerprint density at radius 1 is 1.53 bits per heavy atom. The monoisotopic (exact) mass is 242 g/mol. The average molecular weight is 242 g/mol. The average Bonchev–Trinajstić information content (AvgIpc) is 2.40. The maximum atomic E-state index is 11.0. The molecule has 0 aromatic rings. The van der Waals surface area contributed by atoms with E-state index in [2.05, 4.69) is 0 Å². The molecule has 0 spiro atoms. The van der Waals surface area contributed by atoms with Crippen LogP contribution in [0.5, 0.6) is 0 Å². The number of hydrogen-bond acceptors (Lipinski definition) is 5. The van der Waals surface area contributed by atoms with Crippen LogP contribution in [0.2, 0.25) is 0 Å². The van der Waals surface area contributed by atoms with Gasteiger partial charge >= 0.3 is 5.97 Å². The molecule has 1 saturated heterocycles. The number of fused-ring (bicyclic) bond motifs is 1. The number of carbonyl (C=O) groups excluding carboxylic acids is 1. The van der Waals surface area contributed by atoms with Crippen LogP contribution in [0.1, 0.15) is 34.1 Å². The van der Waals surface area contributed by atoms with E-state index in [0.717, 1.165) is 0 Å². The van der Waals surface area contributed by atoms with Crippen molar-refractivity contribution in [3.8, 4) is 0 Å². The van der Waals surface area contributed by atoms with Gasteiger partial charge in [-0.15, -0.1) is 0 Å². The summed E-state index contributed by atoms with van der Waals surface area (Å²) in [6, 6.07) is 0. The van der Waals surface area contributed by atoms with Gasteiger partial charge in [-0.05, 0) is 19.9 Å². The molecule has 1 aliphatic carbocycles. The molecule has 0 amide bonds. The van der Waals surface area contributed by atoms with Crippen LogP contribution in [0.4, 0.5) is 0 Å². The molecule has 3 unspecified atom stereocenters. The summed E-state index contributed by atoms with van der Waals surface area (Å²) in [5.41, 5.74) is -0.0813. The fourth-order valence-corrected chi connectivity index (χ4v) is 2.43. The number of ether oxygens (including phenoxy) is 1. The van der Waals surface area contributed by atoms with Gasteiger partial charge in [0.1, 0.15) is 11.7 Å². The van der Waals surface area contributed by atoms with Gasteiger partial charge < -0.3 is 9.84 Å². The van der Waals surface area contributed by atoms with Gasteiger partial charge in [0.15, 0.2) is 0 Å². The fraction of sp³-hybridized carbons (Fsp3) is 0.750. The third kappa shape index (κ3) is 2.10. The molecule has 1 N–H and O–H groups in total. The first kappa shape index (κ1) is 12.5. The zero-order valence-corrected chi connectivity index (χ0v) is 10.5. The van der Waals surface area contributed by atoms with E-state index in [9.17, 15) is 9.90 Å². The minimum absolute atomic E-state index is 0.0230. The summed E-state index contributed by atoms with van der Waals surface area (Å²) in [4.78, 5) is 21.2. The van der Waals surface area contributed by atoms with Crippen molar-refractivity contribution in [2.75, 3.05) is 0 Å². The van der Waals surface area contributed by atoms with Crippen LogP contribution in [-0.4, -0.2) is 28.6 Å². The maximum Gasteiger partial charge on any atom is 0.303 e. The highest BCUT2D eigenvalue weighted by Gasteiger charge is 2.55. The third-order valence-electron chi connectivity index (χ3n) is 3.25. The topological polar surface area (TPSA) is 65.0 Å². The van der Waals surface area contributed by atoms with Crippen molar-refractivity contribution in [2.24, 2.45) is 5.92 Å². The van der Waals surface area contributed by atoms with E-state index in [4.69, 9.17) is 14.5 Å². The predicted molar refractivity (Wildman–Crippen MR) is 58.6 cm³/mol. The Kier molecular flexibility index (Phi) is 2.80. The minimum Gasteiger partial charge on any atom is -0.458 e. The van der Waals surface area contributed by atoms with Crippen LogP contribution in [0.3, 0.4) is 0 Å². The van der Waals surface area contributed by atoms with Crippen molar-refractivity contribution in [3.63, 3.8) is 0 Å². The van der Waals surface area contributed by atoms with Crippen LogP contribution in [0, 0.1) is 5.92 Å². The molecule has 2 aliphatic rings. The van der Waals surface area contributed by atoms with Crippen LogP contribution in [0.15, 0.2) is 11.6 Å². The molecule has 0 bridgehead atoms. The molecule has 1 fully saturated rings. The number of hydrogen-bond donors (Lipinski definition) is 1. The Morgan fingerprint density at radius 2 is 2.18 bits per heavy atom. The summed E-state index contributed by atoms with van der Waals surface area (Å²) >= 11 is 0. The van der Waals surface area contributed by atoms with Gasteiger partial charge in [-0.2, -0.15) is 4.89 Å². The first-order chi connectivity index (χ1) is 7.74. The molecule has 0 aromatic carbocycles. The highest BCUT2D eigenvalue weighted by molar-refractivity contribution is 5.66. The number of aliphatic hydroxyl groups is 1. The van der Waals surface area contributed by atoms with E-state index in [1.165, 1.54) is 6.92 Å². The molecule has 1 aliphatic heterocycles. The van der Waals surface area contributed by atoms with Gasteiger partial charge in [0, 0.05) is 24.8 Å². The highest BCUT2D eigenvalue weighted by atomic mass is 17.2. The Bertz CT molecular complexity index is 373. The molecule has 5 heteroatoms. The Labute approximate surface area is 100 Å². The first-order valence-electron chi connectivity index (χ1n) is 5.74. The van der Waals surface area contributed by atoms with E-state index < -0.39 is 11.4 Å². The summed E-state index contributed by atoms with van der Waals surface area (Å²) in [6.45, 7) is 6.88. The lowest BCUT2D eigenvalue weighted by Crippen LogP contribution is -2.43. The largest absolute Gasteiger partial charge is 0.458 e. The molecule has 17 heavy (non-hydrogen) atoms. The smallest absolute Gasteiger partial charge is 0.303 e. The minimum atomic E-state index is -1.39. The van der Waals surface area contributed by atoms with E-state index in [1.54, 1.807) is 19.9 Å². The van der Waals surface area contributed by atoms with Crippen LogP contribution in [-0.2, 0) is 19.3 Å². The standard InChI is InChI=1S/C12H18O5/c1-7-6-12(14)10(11(3,4)16-17-12)5-9(7)15-8(2)13/h5,7,9,14H,6H2,1-4H3. The van der Waals surface area contributed by atoms with Crippen molar-refractivity contribution in [1.82, 2.24) is 0 Å². The molecule has 3 atom stereocenters. The fourth-order valence-electron chi connectivity index (χ4n) is 2.43. The second-order valence-corrected chi connectivity index (χ2v) is 5.30. The Balaban J connectivity index is 2.33. The number of esters is 1. The third-order valence-corrected chi connectivity index (χ3v) is 3.25. The first-order valence-corrected chi connectivity index (χ1v) is 5.74. The second-order valence-electron chi connectivity index (χ2n) is 5.30. The lowest BCUT2D eigenvalue weighted by atomic mass is 9.78. The van der Waals surface area contributed by atoms with E-state index in [0.29, 0.717) is 12.0 Å². The van der Waals surface area contributed by atoms with Crippen molar-refractivity contribution in [3.05, 3.63) is 11.6 Å². The summed E-state index contributed by atoms with van der Waals surface area (Å²) in [6.07, 6.45) is 1.75. The van der Waals surface area contributed by atoms with E-state index >= 15 is 0 Å². The molecule has 96 valence electrons. The maximum absolute atomic E-state index is 11.0. The molecule has 0 saturated carbocycles. The van der Waals surface area contributed by atoms with Crippen LogP contribution < -0.4 is 0 Å². The summed E-state index contributed by atoms with van der Waals surface area (Å²) in [5, 5.41) is 10.3. The quantitative estimate of drug-likeness (QED) is 0.426. The van der Waals surface area contributed by atoms with E-state index in [-0.39, 0.29) is 18.0 Å². The summed E-state index contributed by atoms with van der Waals surface area (Å²) in [7, 11) is 0. The lowest BCUT2D eigenvalue weighted by Gasteiger charge is -2.34. The Morgan fingerprint density at radius 3 is 2.76 bits per heavy atom. The predicted octanol–water partition coefficient (Wildman–Crippen LogP) is 1.31. The number of carbonyl (C=O) groups is 1. The van der Waals surface area contributed by atoms with Crippen molar-refractivity contribution in [2.45, 2.75) is 51.6 Å². The zero-order valence-electron chi connectivity index (χ0n) is 10.5. The summed E-state index contributed by atoms with van der Waals surface area (Å²) < 4.78 is 5.21. The van der Waals surface area contributed by atoms with Gasteiger partial charge in [-0.25, -0.2) is 4.89 Å². The zero-order chi connectivity index (χ0) is 12.8. The lowest BCUT2D eigenvalue weighted by molar-refractivity contribution is -0.392.